The fourth-order valence-corrected chi connectivity index (χ4v) is 5.38. The molecular weight excluding hydrogens is 752 g/mol. The number of esters is 1. The van der Waals surface area contributed by atoms with Gasteiger partial charge >= 0.3 is 24.2 Å². The molecule has 4 aliphatic heterocycles. The zero-order chi connectivity index (χ0) is 40.4. The number of alkyl carbamates (subject to hydrolysis) is 1. The van der Waals surface area contributed by atoms with E-state index >= 15 is 0 Å². The average Bonchev–Trinajstić information content (AvgIpc) is 3.75. The van der Waals surface area contributed by atoms with Crippen LogP contribution in [0, 0.1) is 23.3 Å². The lowest BCUT2D eigenvalue weighted by molar-refractivity contribution is -0.138. The number of carbonyl (C=O) groups excluding carboxylic acids is 6. The molecule has 0 aliphatic carbocycles. The number of hydrogen-bond acceptors (Lipinski definition) is 13. The van der Waals surface area contributed by atoms with E-state index in [1.165, 1.54) is 79.8 Å². The number of rotatable bonds is 7. The number of carbonyl (C=O) groups is 6. The van der Waals surface area contributed by atoms with E-state index in [9.17, 15) is 46.3 Å². The SMILES string of the molecule is C.COC(=O)NC[C@H]1CN(c2ccc(N3C=CC(=O)CC3)c(F)c2F)C(=O)O1.COC(C)=O.NC[C@H]1CN(c2ccc(N3C=CC(=O)CC3)c(F)c2F)C(=O)O1. The van der Waals surface area contributed by atoms with Crippen LogP contribution >= 0.6 is 0 Å². The Morgan fingerprint density at radius 3 is 1.48 bits per heavy atom. The molecule has 6 rings (SSSR count). The summed E-state index contributed by atoms with van der Waals surface area (Å²) in [5.74, 6) is -4.94. The van der Waals surface area contributed by atoms with Crippen molar-refractivity contribution in [2.75, 3.05) is 73.1 Å². The van der Waals surface area contributed by atoms with Crippen LogP contribution in [0.25, 0.3) is 0 Å². The highest BCUT2D eigenvalue weighted by atomic mass is 19.2. The summed E-state index contributed by atoms with van der Waals surface area (Å²) in [5.41, 5.74) is 4.95. The number of nitrogens with one attached hydrogen (secondary N) is 1. The van der Waals surface area contributed by atoms with E-state index < -0.39 is 53.8 Å². The van der Waals surface area contributed by atoms with E-state index in [0.29, 0.717) is 0 Å². The molecule has 304 valence electrons. The van der Waals surface area contributed by atoms with Crippen LogP contribution in [0.2, 0.25) is 0 Å². The molecule has 2 fully saturated rings. The van der Waals surface area contributed by atoms with Crippen LogP contribution in [0.4, 0.5) is 54.7 Å². The molecule has 20 heteroatoms. The predicted octanol–water partition coefficient (Wildman–Crippen LogP) is 4.30. The molecule has 2 aromatic carbocycles. The molecule has 2 aromatic rings. The lowest BCUT2D eigenvalue weighted by Gasteiger charge is -2.24. The summed E-state index contributed by atoms with van der Waals surface area (Å²) in [5, 5.41) is 2.37. The molecule has 2 saturated heterocycles. The summed E-state index contributed by atoms with van der Waals surface area (Å²) in [6.45, 7) is 1.96. The van der Waals surface area contributed by atoms with Gasteiger partial charge in [-0.25, -0.2) is 31.9 Å². The Morgan fingerprint density at radius 1 is 0.732 bits per heavy atom. The maximum Gasteiger partial charge on any atom is 0.414 e. The van der Waals surface area contributed by atoms with Gasteiger partial charge in [0.2, 0.25) is 0 Å². The quantitative estimate of drug-likeness (QED) is 0.230. The molecule has 0 aromatic heterocycles. The van der Waals surface area contributed by atoms with E-state index in [4.69, 9.17) is 15.2 Å². The van der Waals surface area contributed by atoms with Gasteiger partial charge in [0.1, 0.15) is 12.2 Å². The van der Waals surface area contributed by atoms with E-state index in [2.05, 4.69) is 14.8 Å². The second-order valence-corrected chi connectivity index (χ2v) is 12.0. The first-order chi connectivity index (χ1) is 26.2. The number of nitrogens with zero attached hydrogens (tertiary/aromatic N) is 4. The molecule has 4 heterocycles. The van der Waals surface area contributed by atoms with Crippen molar-refractivity contribution in [3.8, 4) is 0 Å². The van der Waals surface area contributed by atoms with Crippen molar-refractivity contribution in [3.63, 3.8) is 0 Å². The molecule has 0 spiro atoms. The van der Waals surface area contributed by atoms with Crippen LogP contribution in [0.3, 0.4) is 0 Å². The van der Waals surface area contributed by atoms with Gasteiger partial charge in [0, 0.05) is 51.8 Å². The summed E-state index contributed by atoms with van der Waals surface area (Å²) >= 11 is 0. The van der Waals surface area contributed by atoms with E-state index in [1.807, 2.05) is 0 Å². The number of benzene rings is 2. The number of ketones is 2. The second-order valence-electron chi connectivity index (χ2n) is 12.0. The van der Waals surface area contributed by atoms with E-state index in [1.54, 1.807) is 0 Å². The van der Waals surface area contributed by atoms with Gasteiger partial charge in [-0.3, -0.25) is 24.2 Å². The summed E-state index contributed by atoms with van der Waals surface area (Å²) in [6, 6.07) is 5.30. The summed E-state index contributed by atoms with van der Waals surface area (Å²) in [4.78, 5) is 71.7. The lowest BCUT2D eigenvalue weighted by atomic mass is 10.1. The minimum Gasteiger partial charge on any atom is -0.469 e. The normalized spacial score (nSPS) is 18.6. The minimum atomic E-state index is -1.20. The van der Waals surface area contributed by atoms with Crippen LogP contribution in [0.1, 0.15) is 27.2 Å². The molecule has 16 nitrogen and oxygen atoms in total. The fourth-order valence-electron chi connectivity index (χ4n) is 5.38. The zero-order valence-electron chi connectivity index (χ0n) is 29.9. The first-order valence-corrected chi connectivity index (χ1v) is 16.6. The van der Waals surface area contributed by atoms with Crippen molar-refractivity contribution in [2.45, 2.75) is 39.4 Å². The van der Waals surface area contributed by atoms with Crippen LogP contribution < -0.4 is 30.7 Å². The lowest BCUT2D eigenvalue weighted by Crippen LogP contribution is -2.34. The molecule has 56 heavy (non-hydrogen) atoms. The number of ether oxygens (including phenoxy) is 4. The van der Waals surface area contributed by atoms with Crippen molar-refractivity contribution < 1.29 is 65.3 Å². The highest BCUT2D eigenvalue weighted by Crippen LogP contribution is 2.34. The standard InChI is InChI=1S/C17H17F2N3O5.C15H15F2N3O3.C3H6O2.CH4/c1-26-16(24)20-8-11-9-22(17(25)27-11)13-3-2-12(14(18)15(13)19)21-6-4-10(23)5-7-21;16-13-11(19-5-3-9(21)4-6-19)1-2-12(14(13)17)20-8-10(7-18)23-15(20)22;1-3(4)5-2;/h2-4,6,11H,5,7-9H2,1H3,(H,20,24);1-3,5,10H,4,6-8,18H2;1-2H3;1H4/t11-;10-;;/m00../s1. The molecular formula is C36H42F4N6O10. The number of cyclic esters (lactones) is 2. The topological polar surface area (TPSA) is 190 Å². The Kier molecular flexibility index (Phi) is 15.7. The number of nitrogens with two attached hydrogens (primary N) is 1. The summed E-state index contributed by atoms with van der Waals surface area (Å²) in [7, 11) is 2.54. The molecule has 0 bridgehead atoms. The Hall–Kier alpha value is -6.18. The zero-order valence-corrected chi connectivity index (χ0v) is 29.9. The van der Waals surface area contributed by atoms with E-state index in [-0.39, 0.29) is 99.8 Å². The molecule has 3 N–H and O–H groups in total. The number of methoxy groups -OCH3 is 2. The third-order valence-corrected chi connectivity index (χ3v) is 8.32. The monoisotopic (exact) mass is 794 g/mol. The van der Waals surface area contributed by atoms with Crippen LogP contribution in [0.15, 0.2) is 48.8 Å². The predicted molar refractivity (Wildman–Crippen MR) is 194 cm³/mol. The molecule has 3 amide bonds. The van der Waals surface area contributed by atoms with Crippen molar-refractivity contribution in [2.24, 2.45) is 5.73 Å². The van der Waals surface area contributed by atoms with Crippen molar-refractivity contribution in [1.29, 1.82) is 0 Å². The number of hydrogen-bond donors (Lipinski definition) is 2. The van der Waals surface area contributed by atoms with Crippen LogP contribution in [0.5, 0.6) is 0 Å². The first-order valence-electron chi connectivity index (χ1n) is 16.6. The largest absolute Gasteiger partial charge is 0.469 e. The number of amides is 3. The Morgan fingerprint density at radius 2 is 1.12 bits per heavy atom. The van der Waals surface area contributed by atoms with Gasteiger partial charge in [0.15, 0.2) is 34.8 Å². The molecule has 4 aliphatic rings. The molecule has 0 radical (unpaired) electrons. The molecule has 0 saturated carbocycles. The van der Waals surface area contributed by atoms with Crippen LogP contribution in [-0.2, 0) is 33.3 Å². The van der Waals surface area contributed by atoms with Gasteiger partial charge in [-0.1, -0.05) is 7.43 Å². The number of halogens is 4. The van der Waals surface area contributed by atoms with Gasteiger partial charge in [0.05, 0.1) is 56.6 Å². The van der Waals surface area contributed by atoms with E-state index in [0.717, 1.165) is 9.80 Å². The van der Waals surface area contributed by atoms with Crippen molar-refractivity contribution in [1.82, 2.24) is 5.32 Å². The van der Waals surface area contributed by atoms with Crippen molar-refractivity contribution >= 4 is 58.6 Å². The van der Waals surface area contributed by atoms with Gasteiger partial charge in [-0.05, 0) is 36.4 Å². The first kappa shape index (κ1) is 44.2. The Labute approximate surface area is 319 Å². The van der Waals surface area contributed by atoms with Gasteiger partial charge in [-0.2, -0.15) is 0 Å². The number of anilines is 4. The van der Waals surface area contributed by atoms with Crippen LogP contribution in [-0.4, -0.2) is 102 Å². The van der Waals surface area contributed by atoms with Crippen molar-refractivity contribution in [3.05, 3.63) is 72.1 Å². The van der Waals surface area contributed by atoms with Gasteiger partial charge in [0.25, 0.3) is 0 Å². The number of allylic oxidation sites excluding steroid dienone is 2. The third kappa shape index (κ3) is 10.7. The highest BCUT2D eigenvalue weighted by molar-refractivity contribution is 5.93. The van der Waals surface area contributed by atoms with Gasteiger partial charge < -0.3 is 39.8 Å². The Balaban J connectivity index is 0.000000266. The molecule has 2 atom stereocenters. The summed E-state index contributed by atoms with van der Waals surface area (Å²) < 4.78 is 76.4. The summed E-state index contributed by atoms with van der Waals surface area (Å²) in [6.07, 6.45) is 2.29. The van der Waals surface area contributed by atoms with Gasteiger partial charge in [-0.15, -0.1) is 0 Å². The average molecular weight is 795 g/mol. The maximum absolute atomic E-state index is 14.6. The minimum absolute atomic E-state index is 0. The molecule has 0 unspecified atom stereocenters. The highest BCUT2D eigenvalue weighted by Gasteiger charge is 2.36. The second kappa shape index (κ2) is 19.9. The fraction of sp³-hybridized carbons (Fsp3) is 0.389. The third-order valence-electron chi connectivity index (χ3n) is 8.32. The Bertz CT molecular complexity index is 1880. The smallest absolute Gasteiger partial charge is 0.414 e. The maximum atomic E-state index is 14.6.